The summed E-state index contributed by atoms with van der Waals surface area (Å²) in [7, 11) is 0. The zero-order valence-corrected chi connectivity index (χ0v) is 16.0. The zero-order chi connectivity index (χ0) is 17.9. The number of carbonyl (C=O) groups excluding carboxylic acids is 1. The number of rotatable bonds is 4. The fourth-order valence-corrected chi connectivity index (χ4v) is 5.11. The van der Waals surface area contributed by atoms with Crippen LogP contribution in [0.15, 0.2) is 4.52 Å². The Morgan fingerprint density at radius 3 is 2.54 bits per heavy atom. The van der Waals surface area contributed by atoms with Crippen LogP contribution in [-0.2, 0) is 11.2 Å². The predicted molar refractivity (Wildman–Crippen MR) is 98.6 cm³/mol. The van der Waals surface area contributed by atoms with Crippen LogP contribution in [0.1, 0.15) is 63.1 Å². The number of likely N-dealkylation sites (tertiary alicyclic amines) is 2. The van der Waals surface area contributed by atoms with Crippen LogP contribution in [0.5, 0.6) is 0 Å². The molecule has 0 aromatic carbocycles. The first-order chi connectivity index (χ1) is 12.7. The lowest BCUT2D eigenvalue weighted by Gasteiger charge is -2.39. The second-order valence-electron chi connectivity index (χ2n) is 8.47. The van der Waals surface area contributed by atoms with E-state index in [0.29, 0.717) is 17.7 Å². The molecule has 1 amide bonds. The van der Waals surface area contributed by atoms with E-state index in [1.54, 1.807) is 0 Å². The van der Waals surface area contributed by atoms with Crippen molar-refractivity contribution in [2.75, 3.05) is 26.2 Å². The predicted octanol–water partition coefficient (Wildman–Crippen LogP) is 2.81. The van der Waals surface area contributed by atoms with E-state index in [-0.39, 0.29) is 5.92 Å². The van der Waals surface area contributed by atoms with Crippen LogP contribution >= 0.6 is 0 Å². The van der Waals surface area contributed by atoms with Gasteiger partial charge in [0.15, 0.2) is 5.82 Å². The van der Waals surface area contributed by atoms with Gasteiger partial charge in [-0.15, -0.1) is 0 Å². The van der Waals surface area contributed by atoms with Crippen LogP contribution in [0, 0.1) is 18.8 Å². The van der Waals surface area contributed by atoms with Gasteiger partial charge in [0.1, 0.15) is 0 Å². The second kappa shape index (κ2) is 8.07. The van der Waals surface area contributed by atoms with Crippen LogP contribution in [0.2, 0.25) is 0 Å². The van der Waals surface area contributed by atoms with E-state index in [0.717, 1.165) is 57.2 Å². The molecule has 1 aromatic heterocycles. The topological polar surface area (TPSA) is 62.5 Å². The molecule has 3 fully saturated rings. The molecule has 3 aliphatic rings. The highest BCUT2D eigenvalue weighted by Gasteiger charge is 2.34. The van der Waals surface area contributed by atoms with Gasteiger partial charge in [-0.25, -0.2) is 0 Å². The molecule has 2 aliphatic heterocycles. The van der Waals surface area contributed by atoms with E-state index in [2.05, 4.69) is 19.9 Å². The van der Waals surface area contributed by atoms with Gasteiger partial charge in [0.2, 0.25) is 11.8 Å². The number of piperidine rings is 2. The summed E-state index contributed by atoms with van der Waals surface area (Å²) in [6.07, 6.45) is 10.6. The third kappa shape index (κ3) is 4.11. The lowest BCUT2D eigenvalue weighted by molar-refractivity contribution is -0.139. The average Bonchev–Trinajstić information content (AvgIpc) is 3.34. The normalized spacial score (nSPS) is 26.5. The van der Waals surface area contributed by atoms with Crippen molar-refractivity contribution in [3.05, 3.63) is 11.7 Å². The molecule has 0 N–H and O–H groups in total. The standard InChI is InChI=1S/C20H32N4O2/c1-15-21-19(22-26-15)13-16-8-11-23(12-9-16)20(25)17-5-4-10-24(14-17)18-6-2-3-7-18/h16-18H,2-14H2,1H3. The SMILES string of the molecule is Cc1nc(CC2CCN(C(=O)C3CCCN(C4CCCC4)C3)CC2)no1. The summed E-state index contributed by atoms with van der Waals surface area (Å²) in [6.45, 7) is 5.80. The number of hydrogen-bond donors (Lipinski definition) is 0. The summed E-state index contributed by atoms with van der Waals surface area (Å²) in [5.74, 6) is 2.64. The Bertz CT molecular complexity index is 603. The fraction of sp³-hybridized carbons (Fsp3) is 0.850. The van der Waals surface area contributed by atoms with Gasteiger partial charge in [-0.2, -0.15) is 4.98 Å². The van der Waals surface area contributed by atoms with Crippen LogP contribution < -0.4 is 0 Å². The van der Waals surface area contributed by atoms with Gasteiger partial charge in [0.25, 0.3) is 0 Å². The van der Waals surface area contributed by atoms with Gasteiger partial charge in [0.05, 0.1) is 5.92 Å². The molecule has 1 atom stereocenters. The van der Waals surface area contributed by atoms with Crippen molar-refractivity contribution in [2.24, 2.45) is 11.8 Å². The van der Waals surface area contributed by atoms with E-state index in [4.69, 9.17) is 4.52 Å². The quantitative estimate of drug-likeness (QED) is 0.826. The van der Waals surface area contributed by atoms with Gasteiger partial charge in [-0.1, -0.05) is 18.0 Å². The van der Waals surface area contributed by atoms with Crippen molar-refractivity contribution in [3.63, 3.8) is 0 Å². The first-order valence-electron chi connectivity index (χ1n) is 10.5. The third-order valence-corrected chi connectivity index (χ3v) is 6.61. The smallest absolute Gasteiger partial charge is 0.226 e. The zero-order valence-electron chi connectivity index (χ0n) is 16.0. The van der Waals surface area contributed by atoms with Crippen LogP contribution in [0.25, 0.3) is 0 Å². The average molecular weight is 361 g/mol. The molecule has 1 unspecified atom stereocenters. The van der Waals surface area contributed by atoms with Gasteiger partial charge in [0, 0.05) is 39.0 Å². The molecule has 0 bridgehead atoms. The molecular formula is C20H32N4O2. The number of nitrogens with zero attached hydrogens (tertiary/aromatic N) is 4. The largest absolute Gasteiger partial charge is 0.342 e. The molecule has 1 saturated carbocycles. The van der Waals surface area contributed by atoms with Crippen molar-refractivity contribution in [2.45, 2.75) is 70.8 Å². The summed E-state index contributed by atoms with van der Waals surface area (Å²) in [4.78, 5) is 22.1. The third-order valence-electron chi connectivity index (χ3n) is 6.61. The van der Waals surface area contributed by atoms with Gasteiger partial charge in [-0.3, -0.25) is 9.69 Å². The summed E-state index contributed by atoms with van der Waals surface area (Å²) in [6, 6.07) is 0.745. The van der Waals surface area contributed by atoms with Gasteiger partial charge in [-0.05, 0) is 51.0 Å². The Hall–Kier alpha value is -1.43. The Morgan fingerprint density at radius 1 is 1.08 bits per heavy atom. The van der Waals surface area contributed by atoms with Gasteiger partial charge < -0.3 is 9.42 Å². The minimum atomic E-state index is 0.223. The summed E-state index contributed by atoms with van der Waals surface area (Å²) in [5, 5.41) is 4.01. The Balaban J connectivity index is 1.26. The molecule has 6 nitrogen and oxygen atoms in total. The highest BCUT2D eigenvalue weighted by molar-refractivity contribution is 5.79. The van der Waals surface area contributed by atoms with E-state index in [1.165, 1.54) is 38.6 Å². The van der Waals surface area contributed by atoms with Crippen LogP contribution in [-0.4, -0.2) is 58.1 Å². The monoisotopic (exact) mass is 360 g/mol. The molecule has 0 radical (unpaired) electrons. The van der Waals surface area contributed by atoms with E-state index >= 15 is 0 Å². The molecule has 26 heavy (non-hydrogen) atoms. The molecule has 144 valence electrons. The van der Waals surface area contributed by atoms with Crippen LogP contribution in [0.3, 0.4) is 0 Å². The maximum absolute atomic E-state index is 13.0. The first-order valence-corrected chi connectivity index (χ1v) is 10.5. The van der Waals surface area contributed by atoms with Crippen molar-refractivity contribution in [1.82, 2.24) is 19.9 Å². The Labute approximate surface area is 156 Å². The van der Waals surface area contributed by atoms with E-state index < -0.39 is 0 Å². The molecule has 0 spiro atoms. The molecule has 1 aliphatic carbocycles. The van der Waals surface area contributed by atoms with Crippen LogP contribution in [0.4, 0.5) is 0 Å². The number of hydrogen-bond acceptors (Lipinski definition) is 5. The number of carbonyl (C=O) groups is 1. The van der Waals surface area contributed by atoms with Crippen molar-refractivity contribution >= 4 is 5.91 Å². The van der Waals surface area contributed by atoms with E-state index in [1.807, 2.05) is 6.92 Å². The molecule has 2 saturated heterocycles. The maximum Gasteiger partial charge on any atom is 0.226 e. The molecule has 6 heteroatoms. The first kappa shape index (κ1) is 18.0. The Morgan fingerprint density at radius 2 is 1.85 bits per heavy atom. The highest BCUT2D eigenvalue weighted by atomic mass is 16.5. The van der Waals surface area contributed by atoms with E-state index in [9.17, 15) is 4.79 Å². The highest BCUT2D eigenvalue weighted by Crippen LogP contribution is 2.29. The van der Waals surface area contributed by atoms with Crippen molar-refractivity contribution in [3.8, 4) is 0 Å². The summed E-state index contributed by atoms with van der Waals surface area (Å²) >= 11 is 0. The lowest BCUT2D eigenvalue weighted by atomic mass is 9.90. The minimum Gasteiger partial charge on any atom is -0.342 e. The summed E-state index contributed by atoms with van der Waals surface area (Å²) in [5.41, 5.74) is 0. The summed E-state index contributed by atoms with van der Waals surface area (Å²) < 4.78 is 5.07. The maximum atomic E-state index is 13.0. The number of aromatic nitrogens is 2. The molecular weight excluding hydrogens is 328 g/mol. The second-order valence-corrected chi connectivity index (χ2v) is 8.47. The lowest BCUT2D eigenvalue weighted by Crippen LogP contribution is -2.49. The fourth-order valence-electron chi connectivity index (χ4n) is 5.11. The van der Waals surface area contributed by atoms with Crippen molar-refractivity contribution < 1.29 is 9.32 Å². The van der Waals surface area contributed by atoms with Gasteiger partial charge >= 0.3 is 0 Å². The number of aryl methyl sites for hydroxylation is 1. The number of amides is 1. The molecule has 4 rings (SSSR count). The Kier molecular flexibility index (Phi) is 5.57. The minimum absolute atomic E-state index is 0.223. The molecule has 3 heterocycles. The molecule has 1 aromatic rings. The van der Waals surface area contributed by atoms with Crippen molar-refractivity contribution in [1.29, 1.82) is 0 Å².